The summed E-state index contributed by atoms with van der Waals surface area (Å²) in [6.07, 6.45) is 5.61. The Balaban J connectivity index is 1.23. The Morgan fingerprint density at radius 2 is 1.65 bits per heavy atom. The molecule has 3 heterocycles. The number of urea groups is 1. The third kappa shape index (κ3) is 3.38. The first-order valence-electron chi connectivity index (χ1n) is 10.6. The van der Waals surface area contributed by atoms with Gasteiger partial charge in [-0.25, -0.2) is 9.59 Å². The lowest BCUT2D eigenvalue weighted by Gasteiger charge is -2.29. The maximum atomic E-state index is 12.9. The number of carbonyl (C=O) groups excluding carboxylic acids is 4. The van der Waals surface area contributed by atoms with Crippen LogP contribution in [0.4, 0.5) is 4.79 Å². The third-order valence-electron chi connectivity index (χ3n) is 6.46. The lowest BCUT2D eigenvalue weighted by Crippen LogP contribution is -2.48. The van der Waals surface area contributed by atoms with Gasteiger partial charge in [0, 0.05) is 6.54 Å². The van der Waals surface area contributed by atoms with Crippen molar-refractivity contribution in [2.45, 2.75) is 44.4 Å². The minimum absolute atomic E-state index is 0.149. The van der Waals surface area contributed by atoms with E-state index in [9.17, 15) is 19.2 Å². The maximum Gasteiger partial charge on any atom is 0.355 e. The topological polar surface area (TPSA) is 96.5 Å². The lowest BCUT2D eigenvalue weighted by atomic mass is 9.85. The second-order valence-electron chi connectivity index (χ2n) is 8.30. The van der Waals surface area contributed by atoms with Gasteiger partial charge in [-0.2, -0.15) is 5.06 Å². The molecule has 9 heteroatoms. The van der Waals surface area contributed by atoms with Crippen molar-refractivity contribution in [1.82, 2.24) is 15.0 Å². The summed E-state index contributed by atoms with van der Waals surface area (Å²) >= 11 is 0. The molecule has 5 rings (SSSR count). The highest BCUT2D eigenvalue weighted by atomic mass is 16.7. The molecule has 0 aromatic heterocycles. The van der Waals surface area contributed by atoms with Gasteiger partial charge in [-0.05, 0) is 31.2 Å². The monoisotopic (exact) mass is 425 g/mol. The molecule has 3 fully saturated rings. The van der Waals surface area contributed by atoms with Crippen LogP contribution >= 0.6 is 0 Å². The fraction of sp³-hybridized carbons (Fsp3) is 0.455. The van der Waals surface area contributed by atoms with Gasteiger partial charge in [0.1, 0.15) is 12.6 Å². The number of hydrogen-bond acceptors (Lipinski definition) is 6. The summed E-state index contributed by atoms with van der Waals surface area (Å²) in [5.41, 5.74) is 0.935. The zero-order valence-electron chi connectivity index (χ0n) is 16.9. The van der Waals surface area contributed by atoms with E-state index in [1.165, 1.54) is 9.96 Å². The summed E-state index contributed by atoms with van der Waals surface area (Å²) in [7, 11) is 0. The van der Waals surface area contributed by atoms with Gasteiger partial charge < -0.3 is 9.74 Å². The van der Waals surface area contributed by atoms with Crippen molar-refractivity contribution < 1.29 is 28.9 Å². The standard InChI is InChI=1S/C22H23N3O6/c26-19-16-8-4-5-9-17(16)20(27)25(19)31-21(28)18-11-10-15-12-23(18)22(29)24(15)30-13-14-6-2-1-3-7-14/h1-7,15-18H,8-13H2/t15-,16-,17+,18+/m1/s1. The number of amides is 4. The van der Waals surface area contributed by atoms with E-state index in [0.29, 0.717) is 37.3 Å². The van der Waals surface area contributed by atoms with E-state index in [1.54, 1.807) is 0 Å². The molecule has 2 bridgehead atoms. The first-order valence-corrected chi connectivity index (χ1v) is 10.6. The van der Waals surface area contributed by atoms with Gasteiger partial charge in [0.15, 0.2) is 0 Å². The number of allylic oxidation sites excluding steroid dienone is 2. The van der Waals surface area contributed by atoms with Crippen LogP contribution in [0.5, 0.6) is 0 Å². The Bertz CT molecular complexity index is 922. The molecule has 0 radical (unpaired) electrons. The molecule has 3 saturated heterocycles. The second-order valence-corrected chi connectivity index (χ2v) is 8.30. The van der Waals surface area contributed by atoms with Crippen LogP contribution in [-0.4, -0.2) is 57.5 Å². The first kappa shape index (κ1) is 19.7. The molecular formula is C22H23N3O6. The molecule has 0 saturated carbocycles. The van der Waals surface area contributed by atoms with Crippen LogP contribution in [0.2, 0.25) is 0 Å². The number of benzene rings is 1. The average molecular weight is 425 g/mol. The highest BCUT2D eigenvalue weighted by molar-refractivity contribution is 6.05. The van der Waals surface area contributed by atoms with Crippen LogP contribution < -0.4 is 0 Å². The van der Waals surface area contributed by atoms with E-state index in [1.807, 2.05) is 42.5 Å². The van der Waals surface area contributed by atoms with E-state index >= 15 is 0 Å². The molecule has 9 nitrogen and oxygen atoms in total. The van der Waals surface area contributed by atoms with Gasteiger partial charge in [0.05, 0.1) is 17.9 Å². The largest absolute Gasteiger partial charge is 0.355 e. The summed E-state index contributed by atoms with van der Waals surface area (Å²) in [6, 6.07) is 8.10. The van der Waals surface area contributed by atoms with Gasteiger partial charge in [0.25, 0.3) is 11.8 Å². The van der Waals surface area contributed by atoms with E-state index in [0.717, 1.165) is 5.56 Å². The van der Waals surface area contributed by atoms with Crippen molar-refractivity contribution in [3.63, 3.8) is 0 Å². The molecule has 4 atom stereocenters. The average Bonchev–Trinajstić information content (AvgIpc) is 3.18. The zero-order chi connectivity index (χ0) is 21.5. The number of imide groups is 1. The van der Waals surface area contributed by atoms with Crippen LogP contribution in [0.15, 0.2) is 42.5 Å². The summed E-state index contributed by atoms with van der Waals surface area (Å²) in [4.78, 5) is 63.2. The van der Waals surface area contributed by atoms with Crippen molar-refractivity contribution in [3.05, 3.63) is 48.0 Å². The van der Waals surface area contributed by atoms with Crippen LogP contribution in [0.25, 0.3) is 0 Å². The molecule has 0 unspecified atom stereocenters. The van der Waals surface area contributed by atoms with Crippen molar-refractivity contribution >= 4 is 23.8 Å². The van der Waals surface area contributed by atoms with Gasteiger partial charge in [-0.15, -0.1) is 5.06 Å². The van der Waals surface area contributed by atoms with Gasteiger partial charge in [-0.1, -0.05) is 42.5 Å². The molecule has 162 valence electrons. The van der Waals surface area contributed by atoms with Gasteiger partial charge in [0.2, 0.25) is 0 Å². The van der Waals surface area contributed by atoms with Gasteiger partial charge in [-0.3, -0.25) is 14.4 Å². The Labute approximate surface area is 179 Å². The fourth-order valence-corrected chi connectivity index (χ4v) is 4.77. The Hall–Kier alpha value is -3.20. The zero-order valence-corrected chi connectivity index (χ0v) is 16.9. The number of nitrogens with zero attached hydrogens (tertiary/aromatic N) is 3. The number of fused-ring (bicyclic) bond motifs is 3. The Morgan fingerprint density at radius 3 is 2.32 bits per heavy atom. The smallest absolute Gasteiger partial charge is 0.328 e. The van der Waals surface area contributed by atoms with Crippen molar-refractivity contribution in [2.24, 2.45) is 11.8 Å². The fourth-order valence-electron chi connectivity index (χ4n) is 4.77. The minimum Gasteiger partial charge on any atom is -0.328 e. The normalized spacial score (nSPS) is 29.5. The summed E-state index contributed by atoms with van der Waals surface area (Å²) in [5, 5.41) is 1.94. The van der Waals surface area contributed by atoms with Crippen LogP contribution in [0, 0.1) is 11.8 Å². The summed E-state index contributed by atoms with van der Waals surface area (Å²) in [5.74, 6) is -2.68. The highest BCUT2D eigenvalue weighted by Crippen LogP contribution is 2.36. The predicted octanol–water partition coefficient (Wildman–Crippen LogP) is 1.80. The quantitative estimate of drug-likeness (QED) is 0.527. The minimum atomic E-state index is -0.851. The van der Waals surface area contributed by atoms with Gasteiger partial charge >= 0.3 is 12.0 Å². The number of hydrogen-bond donors (Lipinski definition) is 0. The van der Waals surface area contributed by atoms with E-state index in [4.69, 9.17) is 9.68 Å². The number of hydroxylamine groups is 4. The SMILES string of the molecule is O=C(ON1C(=O)[C@H]2CC=CC[C@H]2C1=O)[C@@H]1CC[C@@H]2CN1C(=O)N2OCc1ccccc1. The molecule has 0 spiro atoms. The molecule has 3 aliphatic heterocycles. The molecule has 1 aliphatic carbocycles. The molecule has 1 aromatic carbocycles. The van der Waals surface area contributed by atoms with E-state index < -0.39 is 41.7 Å². The highest BCUT2D eigenvalue weighted by Gasteiger charge is 2.52. The number of carbonyl (C=O) groups is 4. The third-order valence-corrected chi connectivity index (χ3v) is 6.46. The predicted molar refractivity (Wildman–Crippen MR) is 105 cm³/mol. The maximum absolute atomic E-state index is 12.9. The van der Waals surface area contributed by atoms with Crippen LogP contribution in [0.1, 0.15) is 31.2 Å². The molecule has 4 amide bonds. The number of piperidine rings is 1. The van der Waals surface area contributed by atoms with E-state index in [2.05, 4.69) is 0 Å². The van der Waals surface area contributed by atoms with Crippen molar-refractivity contribution in [3.8, 4) is 0 Å². The van der Waals surface area contributed by atoms with Crippen molar-refractivity contribution in [2.75, 3.05) is 6.54 Å². The van der Waals surface area contributed by atoms with Crippen molar-refractivity contribution in [1.29, 1.82) is 0 Å². The van der Waals surface area contributed by atoms with Crippen LogP contribution in [-0.2, 0) is 30.7 Å². The molecular weight excluding hydrogens is 402 g/mol. The molecule has 4 aliphatic rings. The summed E-state index contributed by atoms with van der Waals surface area (Å²) in [6.45, 7) is 0.587. The first-order chi connectivity index (χ1) is 15.0. The second kappa shape index (κ2) is 7.81. The number of rotatable bonds is 5. The Morgan fingerprint density at radius 1 is 0.968 bits per heavy atom. The Kier molecular flexibility index (Phi) is 4.97. The molecule has 31 heavy (non-hydrogen) atoms. The summed E-state index contributed by atoms with van der Waals surface area (Å²) < 4.78 is 0. The van der Waals surface area contributed by atoms with Crippen LogP contribution in [0.3, 0.4) is 0 Å². The molecule has 0 N–H and O–H groups in total. The molecule has 1 aromatic rings. The van der Waals surface area contributed by atoms with E-state index in [-0.39, 0.29) is 12.6 Å². The lowest BCUT2D eigenvalue weighted by molar-refractivity contribution is -0.202.